The quantitative estimate of drug-likeness (QED) is 0.795. The number of nitrogens with one attached hydrogen (secondary N) is 1. The Balaban J connectivity index is 1.91. The van der Waals surface area contributed by atoms with Gasteiger partial charge in [-0.15, -0.1) is 0 Å². The van der Waals surface area contributed by atoms with Crippen LogP contribution in [0.5, 0.6) is 0 Å². The third-order valence-electron chi connectivity index (χ3n) is 3.17. The van der Waals surface area contributed by atoms with Crippen LogP contribution in [-0.4, -0.2) is 54.8 Å². The molecule has 1 heterocycles. The number of nitrogen functional groups attached to an aromatic ring is 1. The predicted octanol–water partition coefficient (Wildman–Crippen LogP) is 0.744. The Morgan fingerprint density at radius 3 is 2.85 bits per heavy atom. The lowest BCUT2D eigenvalue weighted by atomic mass is 10.2. The van der Waals surface area contributed by atoms with Gasteiger partial charge in [0.05, 0.1) is 18.8 Å². The maximum absolute atomic E-state index is 12.0. The molecule has 7 heteroatoms. The van der Waals surface area contributed by atoms with Crippen molar-refractivity contribution in [3.8, 4) is 0 Å². The van der Waals surface area contributed by atoms with Gasteiger partial charge in [-0.05, 0) is 34.1 Å². The van der Waals surface area contributed by atoms with Gasteiger partial charge in [-0.2, -0.15) is 0 Å². The Morgan fingerprint density at radius 2 is 2.20 bits per heavy atom. The number of halogens is 1. The van der Waals surface area contributed by atoms with E-state index in [-0.39, 0.29) is 24.9 Å². The van der Waals surface area contributed by atoms with E-state index in [9.17, 15) is 9.59 Å². The third kappa shape index (κ3) is 3.71. The molecule has 6 nitrogen and oxygen atoms in total. The summed E-state index contributed by atoms with van der Waals surface area (Å²) < 4.78 is 0.736. The summed E-state index contributed by atoms with van der Waals surface area (Å²) in [7, 11) is 1.77. The Morgan fingerprint density at radius 1 is 1.45 bits per heavy atom. The van der Waals surface area contributed by atoms with Crippen LogP contribution < -0.4 is 11.1 Å². The molecule has 0 aromatic heterocycles. The largest absolute Gasteiger partial charge is 0.399 e. The van der Waals surface area contributed by atoms with Crippen molar-refractivity contribution in [2.75, 3.05) is 44.3 Å². The van der Waals surface area contributed by atoms with Gasteiger partial charge in [0.1, 0.15) is 0 Å². The Bertz CT molecular complexity index is 535. The van der Waals surface area contributed by atoms with Crippen molar-refractivity contribution in [1.29, 1.82) is 0 Å². The maximum Gasteiger partial charge on any atom is 0.238 e. The van der Waals surface area contributed by atoms with Gasteiger partial charge < -0.3 is 16.0 Å². The highest BCUT2D eigenvalue weighted by Gasteiger charge is 2.22. The minimum absolute atomic E-state index is 0.0396. The van der Waals surface area contributed by atoms with Crippen LogP contribution in [-0.2, 0) is 9.59 Å². The first kappa shape index (κ1) is 14.8. The average molecular weight is 341 g/mol. The summed E-state index contributed by atoms with van der Waals surface area (Å²) in [5.74, 6) is -0.106. The lowest BCUT2D eigenvalue weighted by Gasteiger charge is -2.31. The normalized spacial score (nSPS) is 16.3. The van der Waals surface area contributed by atoms with E-state index in [1.54, 1.807) is 30.1 Å². The zero-order chi connectivity index (χ0) is 14.7. The Labute approximate surface area is 126 Å². The predicted molar refractivity (Wildman–Crippen MR) is 81.3 cm³/mol. The number of nitrogens with zero attached hydrogens (tertiary/aromatic N) is 2. The van der Waals surface area contributed by atoms with Crippen LogP contribution >= 0.6 is 15.9 Å². The number of carbonyl (C=O) groups is 2. The van der Waals surface area contributed by atoms with E-state index in [4.69, 9.17) is 5.73 Å². The van der Waals surface area contributed by atoms with Crippen molar-refractivity contribution in [1.82, 2.24) is 9.80 Å². The van der Waals surface area contributed by atoms with Crippen LogP contribution in [0.15, 0.2) is 22.7 Å². The standard InChI is InChI=1S/C13H17BrN4O2/c1-17-4-5-18(8-13(17)20)7-12(19)16-11-3-2-9(15)6-10(11)14/h2-3,6H,4-5,7-8,15H2,1H3,(H,16,19). The van der Waals surface area contributed by atoms with Crippen LogP contribution in [0.3, 0.4) is 0 Å². The van der Waals surface area contributed by atoms with Crippen molar-refractivity contribution in [2.45, 2.75) is 0 Å². The zero-order valence-electron chi connectivity index (χ0n) is 11.2. The van der Waals surface area contributed by atoms with Gasteiger partial charge in [0, 0.05) is 30.3 Å². The van der Waals surface area contributed by atoms with Gasteiger partial charge >= 0.3 is 0 Å². The zero-order valence-corrected chi connectivity index (χ0v) is 12.8. The number of anilines is 2. The van der Waals surface area contributed by atoms with Gasteiger partial charge in [0.2, 0.25) is 11.8 Å². The highest BCUT2D eigenvalue weighted by atomic mass is 79.9. The summed E-state index contributed by atoms with van der Waals surface area (Å²) in [5, 5.41) is 2.80. The van der Waals surface area contributed by atoms with E-state index < -0.39 is 0 Å². The van der Waals surface area contributed by atoms with Gasteiger partial charge in [-0.1, -0.05) is 0 Å². The van der Waals surface area contributed by atoms with E-state index in [1.807, 2.05) is 4.90 Å². The summed E-state index contributed by atoms with van der Waals surface area (Å²) in [5.41, 5.74) is 6.94. The van der Waals surface area contributed by atoms with E-state index in [1.165, 1.54) is 0 Å². The molecule has 3 N–H and O–H groups in total. The third-order valence-corrected chi connectivity index (χ3v) is 3.83. The molecular weight excluding hydrogens is 324 g/mol. The summed E-state index contributed by atoms with van der Waals surface area (Å²) in [6.45, 7) is 1.85. The Hall–Kier alpha value is -1.60. The highest BCUT2D eigenvalue weighted by Crippen LogP contribution is 2.24. The molecular formula is C13H17BrN4O2. The first-order valence-corrected chi connectivity index (χ1v) is 7.06. The second-order valence-corrected chi connectivity index (χ2v) is 5.67. The highest BCUT2D eigenvalue weighted by molar-refractivity contribution is 9.10. The first-order valence-electron chi connectivity index (χ1n) is 6.27. The number of carbonyl (C=O) groups excluding carboxylic acids is 2. The van der Waals surface area contributed by atoms with Gasteiger partial charge in [0.25, 0.3) is 0 Å². The molecule has 0 unspecified atom stereocenters. The fourth-order valence-electron chi connectivity index (χ4n) is 1.97. The van der Waals surface area contributed by atoms with Gasteiger partial charge in [0.15, 0.2) is 0 Å². The summed E-state index contributed by atoms with van der Waals surface area (Å²) in [4.78, 5) is 27.1. The molecule has 0 aliphatic carbocycles. The van der Waals surface area contributed by atoms with E-state index in [0.717, 1.165) is 4.47 Å². The van der Waals surface area contributed by atoms with Crippen molar-refractivity contribution >= 4 is 39.1 Å². The topological polar surface area (TPSA) is 78.7 Å². The van der Waals surface area contributed by atoms with E-state index >= 15 is 0 Å². The molecule has 108 valence electrons. The number of amides is 2. The molecule has 1 aliphatic rings. The SMILES string of the molecule is CN1CCN(CC(=O)Nc2ccc(N)cc2Br)CC1=O. The number of hydrogen-bond acceptors (Lipinski definition) is 4. The molecule has 0 saturated carbocycles. The van der Waals surface area contributed by atoms with E-state index in [2.05, 4.69) is 21.2 Å². The summed E-state index contributed by atoms with van der Waals surface area (Å²) in [6.07, 6.45) is 0. The van der Waals surface area contributed by atoms with Crippen LogP contribution in [0.1, 0.15) is 0 Å². The average Bonchev–Trinajstić information content (AvgIpc) is 2.37. The number of benzene rings is 1. The number of nitrogens with two attached hydrogens (primary N) is 1. The molecule has 1 aliphatic heterocycles. The molecule has 20 heavy (non-hydrogen) atoms. The lowest BCUT2D eigenvalue weighted by molar-refractivity contribution is -0.135. The summed E-state index contributed by atoms with van der Waals surface area (Å²) >= 11 is 3.35. The first-order chi connectivity index (χ1) is 9.45. The number of likely N-dealkylation sites (N-methyl/N-ethyl adjacent to an activating group) is 1. The molecule has 0 radical (unpaired) electrons. The number of piperazine rings is 1. The van der Waals surface area contributed by atoms with Crippen LogP contribution in [0.25, 0.3) is 0 Å². The second kappa shape index (κ2) is 6.23. The smallest absolute Gasteiger partial charge is 0.238 e. The summed E-state index contributed by atoms with van der Waals surface area (Å²) in [6, 6.07) is 5.20. The van der Waals surface area contributed by atoms with E-state index in [0.29, 0.717) is 24.5 Å². The maximum atomic E-state index is 12.0. The molecule has 2 amide bonds. The second-order valence-electron chi connectivity index (χ2n) is 4.81. The van der Waals surface area contributed by atoms with Crippen molar-refractivity contribution in [3.05, 3.63) is 22.7 Å². The van der Waals surface area contributed by atoms with Crippen molar-refractivity contribution in [2.24, 2.45) is 0 Å². The molecule has 2 rings (SSSR count). The minimum Gasteiger partial charge on any atom is -0.399 e. The monoisotopic (exact) mass is 340 g/mol. The van der Waals surface area contributed by atoms with Crippen LogP contribution in [0.4, 0.5) is 11.4 Å². The fourth-order valence-corrected chi connectivity index (χ4v) is 2.46. The molecule has 0 bridgehead atoms. The molecule has 1 saturated heterocycles. The molecule has 1 aromatic rings. The van der Waals surface area contributed by atoms with Crippen LogP contribution in [0.2, 0.25) is 0 Å². The molecule has 0 spiro atoms. The minimum atomic E-state index is -0.146. The van der Waals surface area contributed by atoms with Gasteiger partial charge in [-0.25, -0.2) is 0 Å². The number of hydrogen-bond donors (Lipinski definition) is 2. The van der Waals surface area contributed by atoms with Gasteiger partial charge in [-0.3, -0.25) is 14.5 Å². The number of rotatable bonds is 3. The Kier molecular flexibility index (Phi) is 4.61. The molecule has 1 fully saturated rings. The fraction of sp³-hybridized carbons (Fsp3) is 0.385. The molecule has 1 aromatic carbocycles. The van der Waals surface area contributed by atoms with Crippen molar-refractivity contribution in [3.63, 3.8) is 0 Å². The van der Waals surface area contributed by atoms with Crippen LogP contribution in [0, 0.1) is 0 Å². The molecule has 0 atom stereocenters. The van der Waals surface area contributed by atoms with Crippen molar-refractivity contribution < 1.29 is 9.59 Å². The lowest BCUT2D eigenvalue weighted by Crippen LogP contribution is -2.50.